The third kappa shape index (κ3) is 1.58. The molecule has 1 nitrogen and oxygen atoms in total. The van der Waals surface area contributed by atoms with Crippen molar-refractivity contribution in [2.45, 2.75) is 13.5 Å². The minimum atomic E-state index is -0.167. The summed E-state index contributed by atoms with van der Waals surface area (Å²) in [5, 5.41) is 0.972. The summed E-state index contributed by atoms with van der Waals surface area (Å²) in [5.41, 5.74) is 0.695. The molecule has 74 valence electrons. The number of hydrogen-bond acceptors (Lipinski definition) is 0. The van der Waals surface area contributed by atoms with Crippen LogP contribution in [0, 0.1) is 9.39 Å². The molecule has 2 rings (SSSR count). The highest BCUT2D eigenvalue weighted by molar-refractivity contribution is 14.1. The van der Waals surface area contributed by atoms with Crippen LogP contribution < -0.4 is 0 Å². The van der Waals surface area contributed by atoms with Gasteiger partial charge in [0.1, 0.15) is 5.82 Å². The van der Waals surface area contributed by atoms with Crippen molar-refractivity contribution in [2.75, 3.05) is 0 Å². The lowest BCUT2D eigenvalue weighted by Gasteiger charge is -2.01. The Morgan fingerprint density at radius 3 is 2.86 bits per heavy atom. The van der Waals surface area contributed by atoms with E-state index in [1.165, 1.54) is 6.07 Å². The number of fused-ring (bicyclic) bond motifs is 1. The van der Waals surface area contributed by atoms with Crippen LogP contribution in [0.3, 0.4) is 0 Å². The minimum Gasteiger partial charge on any atom is -0.344 e. The smallest absolute Gasteiger partial charge is 0.148 e. The van der Waals surface area contributed by atoms with Gasteiger partial charge in [-0.15, -0.1) is 0 Å². The first-order valence-corrected chi connectivity index (χ1v) is 6.14. The molecular weight excluding hydrogens is 360 g/mol. The fourth-order valence-electron chi connectivity index (χ4n) is 1.56. The number of rotatable bonds is 1. The number of nitrogens with zero attached hydrogens (tertiary/aromatic N) is 1. The van der Waals surface area contributed by atoms with Gasteiger partial charge in [-0.25, -0.2) is 4.39 Å². The van der Waals surface area contributed by atoms with Gasteiger partial charge < -0.3 is 4.57 Å². The van der Waals surface area contributed by atoms with Gasteiger partial charge in [0.25, 0.3) is 0 Å². The number of hydrogen-bond donors (Lipinski definition) is 0. The van der Waals surface area contributed by atoms with Crippen LogP contribution in [0.4, 0.5) is 4.39 Å². The fourth-order valence-corrected chi connectivity index (χ4v) is 2.74. The molecule has 1 aromatic carbocycles. The predicted molar refractivity (Wildman–Crippen MR) is 68.0 cm³/mol. The van der Waals surface area contributed by atoms with Crippen molar-refractivity contribution in [1.82, 2.24) is 4.57 Å². The van der Waals surface area contributed by atoms with Crippen molar-refractivity contribution in [2.24, 2.45) is 0 Å². The van der Waals surface area contributed by atoms with E-state index in [1.807, 2.05) is 23.8 Å². The van der Waals surface area contributed by atoms with Crippen LogP contribution in [0.1, 0.15) is 6.92 Å². The van der Waals surface area contributed by atoms with Crippen LogP contribution in [0.25, 0.3) is 10.9 Å². The molecule has 0 atom stereocenters. The summed E-state index contributed by atoms with van der Waals surface area (Å²) in [7, 11) is 0. The first-order chi connectivity index (χ1) is 6.63. The number of benzene rings is 1. The number of aryl methyl sites for hydroxylation is 1. The highest BCUT2D eigenvalue weighted by Gasteiger charge is 2.10. The maximum Gasteiger partial charge on any atom is 0.148 e. The highest BCUT2D eigenvalue weighted by Crippen LogP contribution is 2.28. The molecule has 0 saturated carbocycles. The van der Waals surface area contributed by atoms with E-state index < -0.39 is 0 Å². The van der Waals surface area contributed by atoms with Crippen LogP contribution >= 0.6 is 38.5 Å². The van der Waals surface area contributed by atoms with Crippen LogP contribution in [-0.4, -0.2) is 4.57 Å². The van der Waals surface area contributed by atoms with Crippen molar-refractivity contribution in [3.05, 3.63) is 32.2 Å². The van der Waals surface area contributed by atoms with Gasteiger partial charge in [0.05, 0.1) is 5.52 Å². The van der Waals surface area contributed by atoms with E-state index in [9.17, 15) is 4.39 Å². The first kappa shape index (κ1) is 10.4. The Morgan fingerprint density at radius 1 is 1.50 bits per heavy atom. The summed E-state index contributed by atoms with van der Waals surface area (Å²) in [5.74, 6) is -0.167. The van der Waals surface area contributed by atoms with Crippen LogP contribution in [0.5, 0.6) is 0 Å². The average molecular weight is 368 g/mol. The third-order valence-corrected chi connectivity index (χ3v) is 3.50. The zero-order valence-corrected chi connectivity index (χ0v) is 11.3. The monoisotopic (exact) mass is 367 g/mol. The van der Waals surface area contributed by atoms with E-state index >= 15 is 0 Å². The topological polar surface area (TPSA) is 4.93 Å². The molecule has 1 heterocycles. The van der Waals surface area contributed by atoms with Crippen molar-refractivity contribution in [3.63, 3.8) is 0 Å². The Bertz CT molecular complexity index is 492. The fraction of sp³-hybridized carbons (Fsp3) is 0.200. The van der Waals surface area contributed by atoms with Gasteiger partial charge in [-0.05, 0) is 41.6 Å². The average Bonchev–Trinajstić information content (AvgIpc) is 2.43. The van der Waals surface area contributed by atoms with Crippen LogP contribution in [0.2, 0.25) is 0 Å². The normalized spacial score (nSPS) is 11.1. The van der Waals surface area contributed by atoms with E-state index in [0.29, 0.717) is 5.52 Å². The summed E-state index contributed by atoms with van der Waals surface area (Å²) in [4.78, 5) is 0. The molecule has 0 radical (unpaired) electrons. The maximum absolute atomic E-state index is 13.7. The minimum absolute atomic E-state index is 0.167. The predicted octanol–water partition coefficient (Wildman–Crippen LogP) is 4.17. The molecular formula is C10H8BrFIN. The number of aromatic nitrogens is 1. The molecule has 4 heteroatoms. The van der Waals surface area contributed by atoms with Gasteiger partial charge >= 0.3 is 0 Å². The summed E-state index contributed by atoms with van der Waals surface area (Å²) in [6, 6.07) is 3.46. The van der Waals surface area contributed by atoms with Gasteiger partial charge in [0, 0.05) is 26.2 Å². The molecule has 0 unspecified atom stereocenters. The van der Waals surface area contributed by atoms with Crippen LogP contribution in [0.15, 0.2) is 22.8 Å². The Morgan fingerprint density at radius 2 is 2.21 bits per heavy atom. The maximum atomic E-state index is 13.7. The molecule has 0 spiro atoms. The lowest BCUT2D eigenvalue weighted by Crippen LogP contribution is -1.93. The lowest BCUT2D eigenvalue weighted by atomic mass is 10.2. The lowest BCUT2D eigenvalue weighted by molar-refractivity contribution is 0.625. The van der Waals surface area contributed by atoms with Crippen molar-refractivity contribution >= 4 is 49.4 Å². The molecule has 0 aliphatic rings. The Labute approximate surface area is 104 Å². The molecule has 2 aromatic rings. The number of halogens is 3. The molecule has 0 aliphatic heterocycles. The van der Waals surface area contributed by atoms with E-state index in [0.717, 1.165) is 20.0 Å². The van der Waals surface area contributed by atoms with Gasteiger partial charge in [-0.2, -0.15) is 0 Å². The second-order valence-electron chi connectivity index (χ2n) is 3.05. The van der Waals surface area contributed by atoms with E-state index in [1.54, 1.807) is 0 Å². The van der Waals surface area contributed by atoms with Gasteiger partial charge in [0.2, 0.25) is 0 Å². The molecule has 0 fully saturated rings. The van der Waals surface area contributed by atoms with Crippen LogP contribution in [-0.2, 0) is 6.54 Å². The summed E-state index contributed by atoms with van der Waals surface area (Å²) in [6.07, 6.45) is 1.97. The first-order valence-electron chi connectivity index (χ1n) is 4.27. The van der Waals surface area contributed by atoms with Crippen molar-refractivity contribution < 1.29 is 4.39 Å². The van der Waals surface area contributed by atoms with E-state index in [2.05, 4.69) is 38.5 Å². The molecule has 0 bridgehead atoms. The molecule has 0 aliphatic carbocycles. The molecule has 0 N–H and O–H groups in total. The molecule has 0 saturated heterocycles. The summed E-state index contributed by atoms with van der Waals surface area (Å²) >= 11 is 5.52. The Balaban J connectivity index is 2.89. The molecule has 14 heavy (non-hydrogen) atoms. The standard InChI is InChI=1S/C10H8BrFIN/c1-2-14-5-9(13)7-3-6(11)4-8(12)10(7)14/h3-5H,2H2,1H3. The zero-order chi connectivity index (χ0) is 10.3. The highest BCUT2D eigenvalue weighted by atomic mass is 127. The van der Waals surface area contributed by atoms with E-state index in [-0.39, 0.29) is 5.82 Å². The SMILES string of the molecule is CCn1cc(I)c2cc(Br)cc(F)c21. The van der Waals surface area contributed by atoms with Crippen molar-refractivity contribution in [3.8, 4) is 0 Å². The van der Waals surface area contributed by atoms with Gasteiger partial charge in [0.15, 0.2) is 0 Å². The second-order valence-corrected chi connectivity index (χ2v) is 5.12. The quantitative estimate of drug-likeness (QED) is 0.667. The summed E-state index contributed by atoms with van der Waals surface area (Å²) < 4.78 is 17.5. The van der Waals surface area contributed by atoms with Gasteiger partial charge in [-0.1, -0.05) is 15.9 Å². The third-order valence-electron chi connectivity index (χ3n) is 2.18. The Hall–Kier alpha value is -0.100. The molecule has 0 amide bonds. The van der Waals surface area contributed by atoms with Gasteiger partial charge in [-0.3, -0.25) is 0 Å². The molecule has 1 aromatic heterocycles. The summed E-state index contributed by atoms with van der Waals surface area (Å²) in [6.45, 7) is 2.80. The zero-order valence-electron chi connectivity index (χ0n) is 7.52. The largest absolute Gasteiger partial charge is 0.344 e. The van der Waals surface area contributed by atoms with Crippen molar-refractivity contribution in [1.29, 1.82) is 0 Å². The second kappa shape index (κ2) is 3.81. The Kier molecular flexibility index (Phi) is 2.83. The van der Waals surface area contributed by atoms with E-state index in [4.69, 9.17) is 0 Å².